The van der Waals surface area contributed by atoms with Gasteiger partial charge in [-0.25, -0.2) is 4.79 Å². The molecule has 1 aliphatic rings. The summed E-state index contributed by atoms with van der Waals surface area (Å²) in [6.07, 6.45) is 2.27. The van der Waals surface area contributed by atoms with Crippen LogP contribution in [0, 0.1) is 5.41 Å². The Labute approximate surface area is 133 Å². The molecule has 0 saturated carbocycles. The molecule has 23 heavy (non-hydrogen) atoms. The van der Waals surface area contributed by atoms with Crippen LogP contribution < -0.4 is 0 Å². The molecule has 0 aromatic heterocycles. The summed E-state index contributed by atoms with van der Waals surface area (Å²) in [6, 6.07) is 0. The summed E-state index contributed by atoms with van der Waals surface area (Å²) < 4.78 is 0. The lowest BCUT2D eigenvalue weighted by molar-refractivity contribution is -0.197. The Morgan fingerprint density at radius 3 is 2.35 bits per heavy atom. The van der Waals surface area contributed by atoms with Crippen molar-refractivity contribution in [2.45, 2.75) is 40.5 Å². The molecule has 1 rings (SSSR count). The van der Waals surface area contributed by atoms with Crippen LogP contribution >= 0.6 is 0 Å². The summed E-state index contributed by atoms with van der Waals surface area (Å²) in [7, 11) is 0. The average Bonchev–Trinajstić information content (AvgIpc) is 2.46. The van der Waals surface area contributed by atoms with Crippen molar-refractivity contribution in [1.82, 2.24) is 5.06 Å². The number of hydrogen-bond acceptors (Lipinski definition) is 6. The molecule has 2 amide bonds. The number of rotatable bonds is 5. The van der Waals surface area contributed by atoms with Crippen LogP contribution in [-0.2, 0) is 28.8 Å². The minimum atomic E-state index is -0.981. The first-order chi connectivity index (χ1) is 10.6. The van der Waals surface area contributed by atoms with Gasteiger partial charge in [0.05, 0.1) is 6.42 Å². The first kappa shape index (κ1) is 18.5. The van der Waals surface area contributed by atoms with Crippen LogP contribution in [0.2, 0.25) is 0 Å². The molecule has 7 heteroatoms. The van der Waals surface area contributed by atoms with E-state index in [1.54, 1.807) is 13.8 Å². The zero-order valence-electron chi connectivity index (χ0n) is 13.5. The van der Waals surface area contributed by atoms with Crippen molar-refractivity contribution in [3.8, 4) is 0 Å². The molecule has 0 N–H and O–H groups in total. The minimum Gasteiger partial charge on any atom is -0.331 e. The van der Waals surface area contributed by atoms with Crippen LogP contribution in [0.15, 0.2) is 23.3 Å². The molecule has 0 heterocycles. The lowest BCUT2D eigenvalue weighted by Crippen LogP contribution is -2.34. The molecular weight excluding hydrogens is 302 g/mol. The maximum Gasteiger partial charge on any atom is 0.334 e. The molecule has 0 aromatic rings. The van der Waals surface area contributed by atoms with E-state index in [1.807, 2.05) is 0 Å². The fourth-order valence-corrected chi connectivity index (χ4v) is 2.08. The standard InChI is InChI=1S/C16H19NO6/c1-5-14(21)17(9-18)23-15(22)8-16(3,4)11-7-12(19)10(2)6-13(11)20/h6-7,9H,5,8H2,1-4H3. The van der Waals surface area contributed by atoms with Gasteiger partial charge in [-0.15, -0.1) is 5.06 Å². The Hall–Kier alpha value is -2.57. The normalized spacial score (nSPS) is 14.8. The van der Waals surface area contributed by atoms with E-state index in [2.05, 4.69) is 0 Å². The predicted molar refractivity (Wildman–Crippen MR) is 79.5 cm³/mol. The minimum absolute atomic E-state index is 0.00236. The molecule has 0 unspecified atom stereocenters. The second kappa shape index (κ2) is 7.13. The van der Waals surface area contributed by atoms with Crippen LogP contribution in [-0.4, -0.2) is 34.9 Å². The van der Waals surface area contributed by atoms with Crippen molar-refractivity contribution in [2.75, 3.05) is 0 Å². The number of amides is 2. The van der Waals surface area contributed by atoms with E-state index in [4.69, 9.17) is 4.84 Å². The molecule has 0 aliphatic heterocycles. The van der Waals surface area contributed by atoms with Gasteiger partial charge in [0.15, 0.2) is 11.6 Å². The SMILES string of the molecule is CCC(=O)N(C=O)OC(=O)CC(C)(C)C1=CC(=O)C(C)=CC1=O. The summed E-state index contributed by atoms with van der Waals surface area (Å²) in [5, 5.41) is 0.324. The van der Waals surface area contributed by atoms with Crippen LogP contribution in [0.3, 0.4) is 0 Å². The number of hydrogen-bond donors (Lipinski definition) is 0. The highest BCUT2D eigenvalue weighted by Gasteiger charge is 2.34. The smallest absolute Gasteiger partial charge is 0.331 e. The Morgan fingerprint density at radius 2 is 1.83 bits per heavy atom. The topological polar surface area (TPSA) is 97.8 Å². The molecular formula is C16H19NO6. The van der Waals surface area contributed by atoms with E-state index in [1.165, 1.54) is 26.0 Å². The van der Waals surface area contributed by atoms with E-state index in [-0.39, 0.29) is 36.4 Å². The molecule has 7 nitrogen and oxygen atoms in total. The molecule has 0 radical (unpaired) electrons. The Balaban J connectivity index is 2.86. The number of hydroxylamine groups is 2. The van der Waals surface area contributed by atoms with Gasteiger partial charge in [0, 0.05) is 23.0 Å². The molecule has 0 bridgehead atoms. The highest BCUT2D eigenvalue weighted by molar-refractivity contribution is 6.20. The average molecular weight is 321 g/mol. The number of ketones is 2. The van der Waals surface area contributed by atoms with Gasteiger partial charge in [0.1, 0.15) is 0 Å². The Kier molecular flexibility index (Phi) is 5.73. The molecule has 0 saturated heterocycles. The van der Waals surface area contributed by atoms with Crippen LogP contribution in [0.4, 0.5) is 0 Å². The number of carbonyl (C=O) groups is 5. The fourth-order valence-electron chi connectivity index (χ4n) is 2.08. The van der Waals surface area contributed by atoms with Gasteiger partial charge in [0.2, 0.25) is 0 Å². The van der Waals surface area contributed by atoms with E-state index >= 15 is 0 Å². The largest absolute Gasteiger partial charge is 0.334 e. The van der Waals surface area contributed by atoms with Crippen molar-refractivity contribution >= 4 is 29.9 Å². The molecule has 124 valence electrons. The Bertz CT molecular complexity index is 626. The summed E-state index contributed by atoms with van der Waals surface area (Å²) in [5.41, 5.74) is -0.465. The van der Waals surface area contributed by atoms with Crippen molar-refractivity contribution < 1.29 is 28.8 Å². The van der Waals surface area contributed by atoms with Crippen LogP contribution in [0.1, 0.15) is 40.5 Å². The lowest BCUT2D eigenvalue weighted by Gasteiger charge is -2.27. The van der Waals surface area contributed by atoms with Crippen LogP contribution in [0.5, 0.6) is 0 Å². The maximum absolute atomic E-state index is 12.0. The van der Waals surface area contributed by atoms with Crippen molar-refractivity contribution in [3.05, 3.63) is 23.3 Å². The van der Waals surface area contributed by atoms with Gasteiger partial charge in [-0.1, -0.05) is 20.8 Å². The summed E-state index contributed by atoms with van der Waals surface area (Å²) in [5.74, 6) is -2.15. The van der Waals surface area contributed by atoms with Crippen LogP contribution in [0.25, 0.3) is 0 Å². The second-order valence-corrected chi connectivity index (χ2v) is 5.82. The van der Waals surface area contributed by atoms with Gasteiger partial charge in [-0.3, -0.25) is 19.2 Å². The lowest BCUT2D eigenvalue weighted by atomic mass is 9.76. The van der Waals surface area contributed by atoms with Crippen molar-refractivity contribution in [2.24, 2.45) is 5.41 Å². The van der Waals surface area contributed by atoms with E-state index in [0.29, 0.717) is 10.6 Å². The predicted octanol–water partition coefficient (Wildman–Crippen LogP) is 1.28. The zero-order chi connectivity index (χ0) is 17.8. The molecule has 0 fully saturated rings. The first-order valence-corrected chi connectivity index (χ1v) is 7.09. The molecule has 0 aromatic carbocycles. The number of carbonyl (C=O) groups excluding carboxylic acids is 5. The van der Waals surface area contributed by atoms with Gasteiger partial charge in [0.25, 0.3) is 12.3 Å². The van der Waals surface area contributed by atoms with Gasteiger partial charge in [-0.05, 0) is 19.1 Å². The second-order valence-electron chi connectivity index (χ2n) is 5.82. The Morgan fingerprint density at radius 1 is 1.22 bits per heavy atom. The summed E-state index contributed by atoms with van der Waals surface area (Å²) >= 11 is 0. The fraction of sp³-hybridized carbons (Fsp3) is 0.438. The highest BCUT2D eigenvalue weighted by Crippen LogP contribution is 2.34. The number of allylic oxidation sites excluding steroid dienone is 4. The first-order valence-electron chi connectivity index (χ1n) is 7.09. The number of imide groups is 1. The molecule has 0 atom stereocenters. The third-order valence-electron chi connectivity index (χ3n) is 3.44. The maximum atomic E-state index is 12.0. The quantitative estimate of drug-likeness (QED) is 0.430. The van der Waals surface area contributed by atoms with Gasteiger partial charge < -0.3 is 4.84 Å². The number of nitrogens with zero attached hydrogens (tertiary/aromatic N) is 1. The van der Waals surface area contributed by atoms with E-state index < -0.39 is 17.3 Å². The molecule has 1 aliphatic carbocycles. The third kappa shape index (κ3) is 4.45. The summed E-state index contributed by atoms with van der Waals surface area (Å²) in [6.45, 7) is 6.26. The molecule has 0 spiro atoms. The van der Waals surface area contributed by atoms with Crippen molar-refractivity contribution in [1.29, 1.82) is 0 Å². The zero-order valence-corrected chi connectivity index (χ0v) is 13.5. The van der Waals surface area contributed by atoms with Gasteiger partial charge in [-0.2, -0.15) is 0 Å². The highest BCUT2D eigenvalue weighted by atomic mass is 16.7. The van der Waals surface area contributed by atoms with Gasteiger partial charge >= 0.3 is 5.97 Å². The third-order valence-corrected chi connectivity index (χ3v) is 3.44. The monoisotopic (exact) mass is 321 g/mol. The van der Waals surface area contributed by atoms with E-state index in [9.17, 15) is 24.0 Å². The van der Waals surface area contributed by atoms with E-state index in [0.717, 1.165) is 0 Å². The van der Waals surface area contributed by atoms with Crippen molar-refractivity contribution in [3.63, 3.8) is 0 Å². The summed E-state index contributed by atoms with van der Waals surface area (Å²) in [4.78, 5) is 62.5.